The zero-order chi connectivity index (χ0) is 15.0. The fraction of sp³-hybridized carbons (Fsp3) is 0.467. The van der Waals surface area contributed by atoms with Crippen LogP contribution in [0.25, 0.3) is 0 Å². The van der Waals surface area contributed by atoms with Gasteiger partial charge >= 0.3 is 0 Å². The van der Waals surface area contributed by atoms with Crippen LogP contribution in [0.4, 0.5) is 0 Å². The molecule has 0 aliphatic rings. The van der Waals surface area contributed by atoms with Gasteiger partial charge in [-0.2, -0.15) is 5.10 Å². The van der Waals surface area contributed by atoms with Crippen molar-refractivity contribution < 1.29 is 5.11 Å². The maximum atomic E-state index is 11.1. The van der Waals surface area contributed by atoms with Crippen LogP contribution in [-0.2, 0) is 0 Å². The Morgan fingerprint density at radius 1 is 1.20 bits per heavy atom. The SMILES string of the molecule is CC(C)(C)C(C)(O)C(c1ccccc1Cl)n1cncn1. The Morgan fingerprint density at radius 3 is 2.35 bits per heavy atom. The van der Waals surface area contributed by atoms with Crippen LogP contribution in [-0.4, -0.2) is 25.5 Å². The second-order valence-electron chi connectivity index (χ2n) is 6.20. The molecular weight excluding hydrogens is 274 g/mol. The van der Waals surface area contributed by atoms with Gasteiger partial charge < -0.3 is 5.11 Å². The molecule has 0 amide bonds. The van der Waals surface area contributed by atoms with Crippen molar-refractivity contribution in [2.24, 2.45) is 5.41 Å². The first-order valence-corrected chi connectivity index (χ1v) is 6.94. The van der Waals surface area contributed by atoms with Gasteiger partial charge in [-0.1, -0.05) is 50.6 Å². The largest absolute Gasteiger partial charge is 0.387 e. The van der Waals surface area contributed by atoms with Crippen LogP contribution in [0.1, 0.15) is 39.3 Å². The van der Waals surface area contributed by atoms with Crippen LogP contribution >= 0.6 is 11.6 Å². The van der Waals surface area contributed by atoms with E-state index < -0.39 is 11.6 Å². The van der Waals surface area contributed by atoms with E-state index in [-0.39, 0.29) is 5.41 Å². The van der Waals surface area contributed by atoms with Gasteiger partial charge in [0.15, 0.2) is 0 Å². The van der Waals surface area contributed by atoms with E-state index >= 15 is 0 Å². The number of hydrogen-bond acceptors (Lipinski definition) is 3. The number of nitrogens with zero attached hydrogens (tertiary/aromatic N) is 3. The van der Waals surface area contributed by atoms with Crippen molar-refractivity contribution in [3.05, 3.63) is 47.5 Å². The van der Waals surface area contributed by atoms with E-state index in [0.29, 0.717) is 5.02 Å². The molecule has 0 fully saturated rings. The standard InChI is InChI=1S/C15H20ClN3O/c1-14(2,3)15(4,20)13(19-10-17-9-18-19)11-7-5-6-8-12(11)16/h5-10,13,20H,1-4H3. The average Bonchev–Trinajstić information content (AvgIpc) is 2.84. The molecule has 4 nitrogen and oxygen atoms in total. The normalized spacial score (nSPS) is 16.7. The Kier molecular flexibility index (Phi) is 3.89. The lowest BCUT2D eigenvalue weighted by Crippen LogP contribution is -2.48. The lowest BCUT2D eigenvalue weighted by Gasteiger charge is -2.43. The lowest BCUT2D eigenvalue weighted by molar-refractivity contribution is -0.0746. The van der Waals surface area contributed by atoms with Crippen molar-refractivity contribution in [1.29, 1.82) is 0 Å². The summed E-state index contributed by atoms with van der Waals surface area (Å²) in [6.07, 6.45) is 3.07. The molecule has 20 heavy (non-hydrogen) atoms. The predicted octanol–water partition coefficient (Wildman–Crippen LogP) is 3.32. The highest BCUT2D eigenvalue weighted by atomic mass is 35.5. The van der Waals surface area contributed by atoms with Gasteiger partial charge in [0.25, 0.3) is 0 Å². The molecular formula is C15H20ClN3O. The average molecular weight is 294 g/mol. The van der Waals surface area contributed by atoms with Gasteiger partial charge in [-0.3, -0.25) is 0 Å². The van der Waals surface area contributed by atoms with Crippen molar-refractivity contribution in [2.75, 3.05) is 0 Å². The Hall–Kier alpha value is -1.39. The third-order valence-electron chi connectivity index (χ3n) is 3.95. The summed E-state index contributed by atoms with van der Waals surface area (Å²) in [5, 5.41) is 15.9. The molecule has 0 radical (unpaired) electrons. The van der Waals surface area contributed by atoms with Gasteiger partial charge in [-0.15, -0.1) is 0 Å². The Labute approximate surface area is 124 Å². The fourth-order valence-corrected chi connectivity index (χ4v) is 2.40. The van der Waals surface area contributed by atoms with Crippen LogP contribution in [0, 0.1) is 5.41 Å². The van der Waals surface area contributed by atoms with Gasteiger partial charge in [0.05, 0.1) is 5.60 Å². The summed E-state index contributed by atoms with van der Waals surface area (Å²) < 4.78 is 1.66. The zero-order valence-electron chi connectivity index (χ0n) is 12.2. The third kappa shape index (κ3) is 2.58. The monoisotopic (exact) mass is 293 g/mol. The van der Waals surface area contributed by atoms with Crippen molar-refractivity contribution in [3.63, 3.8) is 0 Å². The molecule has 2 rings (SSSR count). The minimum Gasteiger partial charge on any atom is -0.387 e. The van der Waals surface area contributed by atoms with Gasteiger partial charge in [-0.25, -0.2) is 9.67 Å². The zero-order valence-corrected chi connectivity index (χ0v) is 13.0. The van der Waals surface area contributed by atoms with E-state index in [4.69, 9.17) is 11.6 Å². The van der Waals surface area contributed by atoms with Crippen molar-refractivity contribution in [3.8, 4) is 0 Å². The fourth-order valence-electron chi connectivity index (χ4n) is 2.16. The lowest BCUT2D eigenvalue weighted by atomic mass is 9.71. The van der Waals surface area contributed by atoms with E-state index in [9.17, 15) is 5.11 Å². The molecule has 2 unspecified atom stereocenters. The molecule has 108 valence electrons. The van der Waals surface area contributed by atoms with Crippen LogP contribution in [0.5, 0.6) is 0 Å². The summed E-state index contributed by atoms with van der Waals surface area (Å²) in [6, 6.07) is 7.10. The van der Waals surface area contributed by atoms with Crippen molar-refractivity contribution in [2.45, 2.75) is 39.3 Å². The van der Waals surface area contributed by atoms with Crippen LogP contribution in [0.15, 0.2) is 36.9 Å². The second-order valence-corrected chi connectivity index (χ2v) is 6.60. The van der Waals surface area contributed by atoms with Gasteiger partial charge in [0, 0.05) is 5.02 Å². The number of benzene rings is 1. The molecule has 0 saturated carbocycles. The maximum Gasteiger partial charge on any atom is 0.137 e. The summed E-state index contributed by atoms with van der Waals surface area (Å²) >= 11 is 6.32. The van der Waals surface area contributed by atoms with E-state index in [0.717, 1.165) is 5.56 Å². The minimum absolute atomic E-state index is 0.358. The third-order valence-corrected chi connectivity index (χ3v) is 4.30. The van der Waals surface area contributed by atoms with Crippen LogP contribution < -0.4 is 0 Å². The Morgan fingerprint density at radius 2 is 1.85 bits per heavy atom. The first kappa shape index (κ1) is 15.0. The molecule has 0 saturated heterocycles. The van der Waals surface area contributed by atoms with E-state index in [1.165, 1.54) is 6.33 Å². The molecule has 1 aromatic carbocycles. The molecule has 0 aliphatic heterocycles. The number of rotatable bonds is 3. The molecule has 2 atom stereocenters. The van der Waals surface area contributed by atoms with Gasteiger partial charge in [-0.05, 0) is 24.0 Å². The number of aliphatic hydroxyl groups is 1. The first-order chi connectivity index (χ1) is 9.25. The topological polar surface area (TPSA) is 50.9 Å². The smallest absolute Gasteiger partial charge is 0.137 e. The highest BCUT2D eigenvalue weighted by molar-refractivity contribution is 6.31. The molecule has 0 aliphatic carbocycles. The predicted molar refractivity (Wildman–Crippen MR) is 79.7 cm³/mol. The first-order valence-electron chi connectivity index (χ1n) is 6.56. The van der Waals surface area contributed by atoms with Crippen LogP contribution in [0.3, 0.4) is 0 Å². The minimum atomic E-state index is -1.05. The highest BCUT2D eigenvalue weighted by Crippen LogP contribution is 2.43. The molecule has 2 aromatic rings. The van der Waals surface area contributed by atoms with E-state index in [2.05, 4.69) is 10.1 Å². The van der Waals surface area contributed by atoms with Crippen molar-refractivity contribution in [1.82, 2.24) is 14.8 Å². The molecule has 1 aromatic heterocycles. The Balaban J connectivity index is 2.61. The summed E-state index contributed by atoms with van der Waals surface area (Å²) in [6.45, 7) is 7.79. The van der Waals surface area contributed by atoms with Gasteiger partial charge in [0.2, 0.25) is 0 Å². The molecule has 0 bridgehead atoms. The summed E-state index contributed by atoms with van der Waals surface area (Å²) in [5.41, 5.74) is -0.575. The quantitative estimate of drug-likeness (QED) is 0.944. The Bertz CT molecular complexity index is 573. The number of aromatic nitrogens is 3. The van der Waals surface area contributed by atoms with E-state index in [1.807, 2.05) is 52.0 Å². The molecule has 1 heterocycles. The van der Waals surface area contributed by atoms with E-state index in [1.54, 1.807) is 11.0 Å². The molecule has 0 spiro atoms. The number of halogens is 1. The highest BCUT2D eigenvalue weighted by Gasteiger charge is 2.45. The number of hydrogen-bond donors (Lipinski definition) is 1. The summed E-state index contributed by atoms with van der Waals surface area (Å²) in [7, 11) is 0. The second kappa shape index (κ2) is 5.19. The molecule has 5 heteroatoms. The summed E-state index contributed by atoms with van der Waals surface area (Å²) in [4.78, 5) is 3.99. The van der Waals surface area contributed by atoms with Crippen molar-refractivity contribution >= 4 is 11.6 Å². The van der Waals surface area contributed by atoms with Gasteiger partial charge in [0.1, 0.15) is 18.7 Å². The summed E-state index contributed by atoms with van der Waals surface area (Å²) in [5.74, 6) is 0. The molecule has 1 N–H and O–H groups in total. The van der Waals surface area contributed by atoms with Crippen LogP contribution in [0.2, 0.25) is 5.02 Å². The maximum absolute atomic E-state index is 11.1.